The van der Waals surface area contributed by atoms with Crippen LogP contribution in [0.2, 0.25) is 0 Å². The van der Waals surface area contributed by atoms with E-state index in [0.29, 0.717) is 16.7 Å². The van der Waals surface area contributed by atoms with Gasteiger partial charge < -0.3 is 4.79 Å². The van der Waals surface area contributed by atoms with Gasteiger partial charge in [-0.3, -0.25) is 0 Å². The van der Waals surface area contributed by atoms with Crippen LogP contribution in [0.5, 0.6) is 0 Å². The highest BCUT2D eigenvalue weighted by Gasteiger charge is 2.53. The Kier molecular flexibility index (Phi) is 3.40. The topological polar surface area (TPSA) is 17.1 Å². The highest BCUT2D eigenvalue weighted by molar-refractivity contribution is 5.50. The molecule has 1 nitrogen and oxygen atoms in total. The minimum Gasteiger partial charge on any atom is -0.303 e. The standard InChI is InChI=1S/C16H28O/c1-12-6-7-14-15(2,3)9-5-10-16(14,4)13(12)8-11-17/h11-14H,5-10H2,1-4H3/t12?,13?,14?,16-/m1/s1. The van der Waals surface area contributed by atoms with Crippen LogP contribution in [0.15, 0.2) is 0 Å². The molecular weight excluding hydrogens is 208 g/mol. The molecule has 0 aromatic heterocycles. The molecule has 1 heteroatoms. The number of carbonyl (C=O) groups excluding carboxylic acids is 1. The van der Waals surface area contributed by atoms with Gasteiger partial charge in [0.1, 0.15) is 6.29 Å². The van der Waals surface area contributed by atoms with Crippen molar-refractivity contribution in [3.8, 4) is 0 Å². The highest BCUT2D eigenvalue weighted by atomic mass is 16.1. The Hall–Kier alpha value is -0.330. The van der Waals surface area contributed by atoms with Crippen molar-refractivity contribution in [3.63, 3.8) is 0 Å². The van der Waals surface area contributed by atoms with Crippen molar-refractivity contribution in [2.45, 2.75) is 66.2 Å². The number of fused-ring (bicyclic) bond motifs is 1. The molecule has 0 saturated heterocycles. The zero-order valence-corrected chi connectivity index (χ0v) is 12.0. The van der Waals surface area contributed by atoms with Crippen LogP contribution in [0.25, 0.3) is 0 Å². The first kappa shape index (κ1) is 13.1. The summed E-state index contributed by atoms with van der Waals surface area (Å²) in [7, 11) is 0. The lowest BCUT2D eigenvalue weighted by Gasteiger charge is -2.59. The highest BCUT2D eigenvalue weighted by Crippen LogP contribution is 2.61. The zero-order valence-electron chi connectivity index (χ0n) is 12.0. The third kappa shape index (κ3) is 2.06. The van der Waals surface area contributed by atoms with E-state index in [0.717, 1.165) is 24.5 Å². The van der Waals surface area contributed by atoms with Gasteiger partial charge in [-0.05, 0) is 47.8 Å². The number of rotatable bonds is 2. The van der Waals surface area contributed by atoms with Gasteiger partial charge in [-0.1, -0.05) is 40.5 Å². The molecule has 0 aromatic carbocycles. The second-order valence-electron chi connectivity index (χ2n) is 7.46. The van der Waals surface area contributed by atoms with E-state index in [4.69, 9.17) is 0 Å². The van der Waals surface area contributed by atoms with Gasteiger partial charge in [-0.15, -0.1) is 0 Å². The SMILES string of the molecule is CC1CCC2C(C)(C)CCC[C@]2(C)C1CC=O. The first-order valence-electron chi connectivity index (χ1n) is 7.35. The van der Waals surface area contributed by atoms with Crippen molar-refractivity contribution in [1.82, 2.24) is 0 Å². The molecule has 0 N–H and O–H groups in total. The van der Waals surface area contributed by atoms with Crippen LogP contribution < -0.4 is 0 Å². The van der Waals surface area contributed by atoms with Gasteiger partial charge in [0.05, 0.1) is 0 Å². The molecule has 0 heterocycles. The second-order valence-corrected chi connectivity index (χ2v) is 7.46. The summed E-state index contributed by atoms with van der Waals surface area (Å²) in [4.78, 5) is 11.0. The van der Waals surface area contributed by atoms with Crippen molar-refractivity contribution in [3.05, 3.63) is 0 Å². The Bertz CT molecular complexity index is 294. The third-order valence-electron chi connectivity index (χ3n) is 6.07. The number of carbonyl (C=O) groups is 1. The van der Waals surface area contributed by atoms with E-state index in [1.165, 1.54) is 32.1 Å². The molecule has 0 bridgehead atoms. The lowest BCUT2D eigenvalue weighted by atomic mass is 9.46. The molecule has 0 spiro atoms. The minimum atomic E-state index is 0.417. The molecule has 17 heavy (non-hydrogen) atoms. The van der Waals surface area contributed by atoms with Crippen LogP contribution in [-0.4, -0.2) is 6.29 Å². The maximum absolute atomic E-state index is 11.0. The van der Waals surface area contributed by atoms with Crippen molar-refractivity contribution in [2.24, 2.45) is 28.6 Å². The molecule has 4 atom stereocenters. The average molecular weight is 236 g/mol. The first-order chi connectivity index (χ1) is 7.92. The quantitative estimate of drug-likeness (QED) is 0.647. The van der Waals surface area contributed by atoms with E-state index in [1.807, 2.05) is 0 Å². The summed E-state index contributed by atoms with van der Waals surface area (Å²) >= 11 is 0. The number of hydrogen-bond acceptors (Lipinski definition) is 1. The van der Waals surface area contributed by atoms with E-state index in [9.17, 15) is 4.79 Å². The molecule has 0 aromatic rings. The summed E-state index contributed by atoms with van der Waals surface area (Å²) in [5.74, 6) is 2.18. The van der Waals surface area contributed by atoms with Gasteiger partial charge in [0.15, 0.2) is 0 Å². The van der Waals surface area contributed by atoms with Crippen molar-refractivity contribution < 1.29 is 4.79 Å². The number of hydrogen-bond donors (Lipinski definition) is 0. The molecule has 3 unspecified atom stereocenters. The monoisotopic (exact) mass is 236 g/mol. The predicted octanol–water partition coefficient (Wildman–Crippen LogP) is 4.45. The fraction of sp³-hybridized carbons (Fsp3) is 0.938. The smallest absolute Gasteiger partial charge is 0.120 e. The summed E-state index contributed by atoms with van der Waals surface area (Å²) in [6.07, 6.45) is 8.70. The maximum Gasteiger partial charge on any atom is 0.120 e. The van der Waals surface area contributed by atoms with E-state index < -0.39 is 0 Å². The average Bonchev–Trinajstić information content (AvgIpc) is 2.22. The van der Waals surface area contributed by atoms with Gasteiger partial charge in [0, 0.05) is 6.42 Å². The van der Waals surface area contributed by atoms with Crippen LogP contribution in [0.4, 0.5) is 0 Å². The van der Waals surface area contributed by atoms with Crippen LogP contribution in [-0.2, 0) is 4.79 Å². The van der Waals surface area contributed by atoms with Gasteiger partial charge in [0.2, 0.25) is 0 Å². The van der Waals surface area contributed by atoms with Crippen molar-refractivity contribution >= 4 is 6.29 Å². The summed E-state index contributed by atoms with van der Waals surface area (Å²) in [5, 5.41) is 0. The summed E-state index contributed by atoms with van der Waals surface area (Å²) in [5.41, 5.74) is 0.897. The van der Waals surface area contributed by atoms with Crippen LogP contribution in [0.1, 0.15) is 66.2 Å². The van der Waals surface area contributed by atoms with Crippen LogP contribution in [0, 0.1) is 28.6 Å². The summed E-state index contributed by atoms with van der Waals surface area (Å²) < 4.78 is 0. The Balaban J connectivity index is 2.31. The molecule has 0 amide bonds. The fourth-order valence-electron chi connectivity index (χ4n) is 5.22. The zero-order chi connectivity index (χ0) is 12.7. The molecule has 2 fully saturated rings. The normalized spacial score (nSPS) is 45.1. The molecule has 0 aliphatic heterocycles. The van der Waals surface area contributed by atoms with Gasteiger partial charge in [0.25, 0.3) is 0 Å². The molecular formula is C16H28O. The molecule has 2 saturated carbocycles. The van der Waals surface area contributed by atoms with Gasteiger partial charge >= 0.3 is 0 Å². The summed E-state index contributed by atoms with van der Waals surface area (Å²) in [6, 6.07) is 0. The fourth-order valence-corrected chi connectivity index (χ4v) is 5.22. The molecule has 2 aliphatic rings. The third-order valence-corrected chi connectivity index (χ3v) is 6.07. The van der Waals surface area contributed by atoms with Crippen LogP contribution in [0.3, 0.4) is 0 Å². The molecule has 0 radical (unpaired) electrons. The summed E-state index contributed by atoms with van der Waals surface area (Å²) in [6.45, 7) is 9.73. The maximum atomic E-state index is 11.0. The van der Waals surface area contributed by atoms with E-state index in [1.54, 1.807) is 0 Å². The number of aldehydes is 1. The lowest BCUT2D eigenvalue weighted by molar-refractivity contribution is -0.120. The van der Waals surface area contributed by atoms with E-state index in [2.05, 4.69) is 27.7 Å². The van der Waals surface area contributed by atoms with E-state index >= 15 is 0 Å². The second kappa shape index (κ2) is 4.40. The van der Waals surface area contributed by atoms with Crippen LogP contribution >= 0.6 is 0 Å². The predicted molar refractivity (Wildman–Crippen MR) is 71.8 cm³/mol. The molecule has 2 aliphatic carbocycles. The van der Waals surface area contributed by atoms with Crippen molar-refractivity contribution in [2.75, 3.05) is 0 Å². The molecule has 2 rings (SSSR count). The molecule has 98 valence electrons. The Morgan fingerprint density at radius 3 is 2.53 bits per heavy atom. The first-order valence-corrected chi connectivity index (χ1v) is 7.35. The Morgan fingerprint density at radius 2 is 1.88 bits per heavy atom. The van der Waals surface area contributed by atoms with Crippen molar-refractivity contribution in [1.29, 1.82) is 0 Å². The Morgan fingerprint density at radius 1 is 1.18 bits per heavy atom. The Labute approximate surface area is 106 Å². The van der Waals surface area contributed by atoms with Gasteiger partial charge in [-0.2, -0.15) is 0 Å². The lowest BCUT2D eigenvalue weighted by Crippen LogP contribution is -2.51. The van der Waals surface area contributed by atoms with E-state index in [-0.39, 0.29) is 0 Å². The largest absolute Gasteiger partial charge is 0.303 e. The minimum absolute atomic E-state index is 0.417. The van der Waals surface area contributed by atoms with Gasteiger partial charge in [-0.25, -0.2) is 0 Å².